The molecule has 0 aromatic heterocycles. The Balaban J connectivity index is 1.81. The maximum atomic E-state index is 13.1. The summed E-state index contributed by atoms with van der Waals surface area (Å²) in [6, 6.07) is 8.59. The van der Waals surface area contributed by atoms with Gasteiger partial charge in [-0.2, -0.15) is 0 Å². The van der Waals surface area contributed by atoms with Crippen molar-refractivity contribution in [2.24, 2.45) is 0 Å². The van der Waals surface area contributed by atoms with Gasteiger partial charge in [0.2, 0.25) is 0 Å². The Morgan fingerprint density at radius 3 is 2.83 bits per heavy atom. The molecule has 3 rings (SSSR count). The number of carbonyl (C=O) groups is 2. The van der Waals surface area contributed by atoms with Gasteiger partial charge >= 0.3 is 0 Å². The summed E-state index contributed by atoms with van der Waals surface area (Å²) in [4.78, 5) is 23.8. The van der Waals surface area contributed by atoms with E-state index in [4.69, 9.17) is 16.3 Å². The smallest absolute Gasteiger partial charge is 0.265 e. The average molecular weight is 335 g/mol. The molecule has 2 aromatic carbocycles. The van der Waals surface area contributed by atoms with Gasteiger partial charge in [0.05, 0.1) is 10.7 Å². The van der Waals surface area contributed by atoms with Crippen LogP contribution in [0.4, 0.5) is 15.8 Å². The van der Waals surface area contributed by atoms with Crippen LogP contribution in [0.5, 0.6) is 5.75 Å². The van der Waals surface area contributed by atoms with Crippen molar-refractivity contribution in [1.82, 2.24) is 0 Å². The fraction of sp³-hybridized carbons (Fsp3) is 0.125. The molecule has 0 saturated carbocycles. The molecule has 0 aliphatic carbocycles. The molecule has 0 radical (unpaired) electrons. The highest BCUT2D eigenvalue weighted by molar-refractivity contribution is 6.31. The molecule has 118 valence electrons. The second kappa shape index (κ2) is 5.89. The van der Waals surface area contributed by atoms with E-state index in [0.717, 1.165) is 0 Å². The largest absolute Gasteiger partial charge is 0.479 e. The second-order valence-corrected chi connectivity index (χ2v) is 5.45. The number of ether oxygens (including phenoxy) is 1. The van der Waals surface area contributed by atoms with E-state index in [2.05, 4.69) is 10.6 Å². The molecule has 1 aliphatic heterocycles. The van der Waals surface area contributed by atoms with Gasteiger partial charge in [0.1, 0.15) is 11.6 Å². The van der Waals surface area contributed by atoms with Crippen molar-refractivity contribution < 1.29 is 18.7 Å². The summed E-state index contributed by atoms with van der Waals surface area (Å²) in [6.07, 6.45) is -0.628. The first-order chi connectivity index (χ1) is 10.9. The van der Waals surface area contributed by atoms with E-state index in [-0.39, 0.29) is 10.9 Å². The molecule has 2 amide bonds. The number of amides is 2. The first-order valence-corrected chi connectivity index (χ1v) is 7.20. The predicted molar refractivity (Wildman–Crippen MR) is 84.5 cm³/mol. The van der Waals surface area contributed by atoms with Crippen LogP contribution in [-0.4, -0.2) is 17.9 Å². The molecule has 1 heterocycles. The lowest BCUT2D eigenvalue weighted by atomic mass is 10.1. The van der Waals surface area contributed by atoms with Crippen LogP contribution in [0.1, 0.15) is 17.3 Å². The van der Waals surface area contributed by atoms with Crippen LogP contribution in [0.3, 0.4) is 0 Å². The van der Waals surface area contributed by atoms with Crippen molar-refractivity contribution in [3.8, 4) is 5.75 Å². The summed E-state index contributed by atoms with van der Waals surface area (Å²) < 4.78 is 18.6. The fourth-order valence-corrected chi connectivity index (χ4v) is 2.30. The van der Waals surface area contributed by atoms with Gasteiger partial charge in [-0.1, -0.05) is 11.6 Å². The molecule has 0 fully saturated rings. The normalized spacial score (nSPS) is 16.1. The zero-order valence-corrected chi connectivity index (χ0v) is 12.8. The number of anilines is 2. The van der Waals surface area contributed by atoms with Gasteiger partial charge < -0.3 is 15.4 Å². The van der Waals surface area contributed by atoms with Crippen molar-refractivity contribution >= 4 is 34.8 Å². The van der Waals surface area contributed by atoms with Gasteiger partial charge in [-0.05, 0) is 43.3 Å². The van der Waals surface area contributed by atoms with Crippen molar-refractivity contribution in [3.05, 3.63) is 52.8 Å². The van der Waals surface area contributed by atoms with Crippen molar-refractivity contribution in [3.63, 3.8) is 0 Å². The van der Waals surface area contributed by atoms with E-state index in [1.165, 1.54) is 24.3 Å². The molecular formula is C16H12ClFN2O3. The average Bonchev–Trinajstić information content (AvgIpc) is 2.51. The highest BCUT2D eigenvalue weighted by Crippen LogP contribution is 2.31. The van der Waals surface area contributed by atoms with E-state index in [1.54, 1.807) is 19.1 Å². The maximum absolute atomic E-state index is 13.1. The zero-order chi connectivity index (χ0) is 16.6. The third-order valence-electron chi connectivity index (χ3n) is 3.35. The second-order valence-electron chi connectivity index (χ2n) is 5.04. The lowest BCUT2D eigenvalue weighted by Gasteiger charge is -2.23. The number of carbonyl (C=O) groups excluding carboxylic acids is 2. The number of hydrogen-bond acceptors (Lipinski definition) is 3. The summed E-state index contributed by atoms with van der Waals surface area (Å²) in [7, 11) is 0. The molecule has 1 atom stereocenters. The molecule has 0 spiro atoms. The quantitative estimate of drug-likeness (QED) is 0.884. The highest BCUT2D eigenvalue weighted by Gasteiger charge is 2.24. The minimum atomic E-state index is -0.628. The Bertz CT molecular complexity index is 810. The van der Waals surface area contributed by atoms with Crippen LogP contribution < -0.4 is 15.4 Å². The summed E-state index contributed by atoms with van der Waals surface area (Å²) in [5, 5.41) is 5.23. The zero-order valence-electron chi connectivity index (χ0n) is 12.0. The van der Waals surface area contributed by atoms with Gasteiger partial charge in [-0.25, -0.2) is 4.39 Å². The Kier molecular flexibility index (Phi) is 3.92. The third-order valence-corrected chi connectivity index (χ3v) is 3.64. The topological polar surface area (TPSA) is 67.4 Å². The standard InChI is InChI=1S/C16H12ClFN2O3/c1-8-15(21)20-13-5-2-9(6-14(13)23-8)16(22)19-10-3-4-12(18)11(17)7-10/h2-8H,1H3,(H,19,22)(H,20,21). The van der Waals surface area contributed by atoms with Crippen LogP contribution >= 0.6 is 11.6 Å². The molecule has 7 heteroatoms. The summed E-state index contributed by atoms with van der Waals surface area (Å²) in [5.74, 6) is -0.780. The molecule has 5 nitrogen and oxygen atoms in total. The number of halogens is 2. The van der Waals surface area contributed by atoms with Crippen molar-refractivity contribution in [2.45, 2.75) is 13.0 Å². The predicted octanol–water partition coefficient (Wildman–Crippen LogP) is 3.45. The first kappa shape index (κ1) is 15.3. The Morgan fingerprint density at radius 1 is 1.30 bits per heavy atom. The number of fused-ring (bicyclic) bond motifs is 1. The number of hydrogen-bond donors (Lipinski definition) is 2. The number of benzene rings is 2. The molecular weight excluding hydrogens is 323 g/mol. The van der Waals surface area contributed by atoms with E-state index < -0.39 is 17.8 Å². The van der Waals surface area contributed by atoms with E-state index in [1.807, 2.05) is 0 Å². The summed E-state index contributed by atoms with van der Waals surface area (Å²) >= 11 is 5.68. The molecule has 0 bridgehead atoms. The summed E-state index contributed by atoms with van der Waals surface area (Å²) in [6.45, 7) is 1.62. The molecule has 0 saturated heterocycles. The van der Waals surface area contributed by atoms with Crippen LogP contribution in [-0.2, 0) is 4.79 Å². The van der Waals surface area contributed by atoms with Gasteiger partial charge in [0.15, 0.2) is 6.10 Å². The van der Waals surface area contributed by atoms with Crippen molar-refractivity contribution in [2.75, 3.05) is 10.6 Å². The van der Waals surface area contributed by atoms with E-state index in [0.29, 0.717) is 22.7 Å². The lowest BCUT2D eigenvalue weighted by molar-refractivity contribution is -0.122. The van der Waals surface area contributed by atoms with Gasteiger partial charge in [0.25, 0.3) is 11.8 Å². The molecule has 2 aromatic rings. The monoisotopic (exact) mass is 334 g/mol. The van der Waals surface area contributed by atoms with E-state index in [9.17, 15) is 14.0 Å². The van der Waals surface area contributed by atoms with Crippen LogP contribution in [0.25, 0.3) is 0 Å². The third kappa shape index (κ3) is 3.12. The Morgan fingerprint density at radius 2 is 2.09 bits per heavy atom. The maximum Gasteiger partial charge on any atom is 0.265 e. The molecule has 23 heavy (non-hydrogen) atoms. The Labute approximate surface area is 136 Å². The van der Waals surface area contributed by atoms with Crippen molar-refractivity contribution in [1.29, 1.82) is 0 Å². The lowest BCUT2D eigenvalue weighted by Crippen LogP contribution is -2.34. The SMILES string of the molecule is CC1Oc2cc(C(=O)Nc3ccc(F)c(Cl)c3)ccc2NC1=O. The Hall–Kier alpha value is -2.60. The van der Waals surface area contributed by atoms with Crippen LogP contribution in [0.15, 0.2) is 36.4 Å². The minimum Gasteiger partial charge on any atom is -0.479 e. The van der Waals surface area contributed by atoms with Crippen LogP contribution in [0.2, 0.25) is 5.02 Å². The molecule has 1 unspecified atom stereocenters. The molecule has 1 aliphatic rings. The summed E-state index contributed by atoms with van der Waals surface area (Å²) in [5.41, 5.74) is 1.23. The van der Waals surface area contributed by atoms with Gasteiger partial charge in [-0.3, -0.25) is 9.59 Å². The first-order valence-electron chi connectivity index (χ1n) is 6.82. The number of rotatable bonds is 2. The van der Waals surface area contributed by atoms with Crippen LogP contribution in [0, 0.1) is 5.82 Å². The fourth-order valence-electron chi connectivity index (χ4n) is 2.12. The minimum absolute atomic E-state index is 0.0758. The van der Waals surface area contributed by atoms with E-state index >= 15 is 0 Å². The van der Waals surface area contributed by atoms with Gasteiger partial charge in [0, 0.05) is 11.3 Å². The highest BCUT2D eigenvalue weighted by atomic mass is 35.5. The number of nitrogens with one attached hydrogen (secondary N) is 2. The molecule has 2 N–H and O–H groups in total. The van der Waals surface area contributed by atoms with Gasteiger partial charge in [-0.15, -0.1) is 0 Å².